The van der Waals surface area contributed by atoms with E-state index in [1.54, 1.807) is 6.20 Å². The molecule has 154 valence electrons. The molecule has 30 heavy (non-hydrogen) atoms. The van der Waals surface area contributed by atoms with E-state index in [1.165, 1.54) is 0 Å². The van der Waals surface area contributed by atoms with Gasteiger partial charge in [0.15, 0.2) is 0 Å². The number of rotatable bonds is 5. The molecule has 0 radical (unpaired) electrons. The Morgan fingerprint density at radius 2 is 1.73 bits per heavy atom. The number of benzene rings is 2. The highest BCUT2D eigenvalue weighted by Crippen LogP contribution is 2.25. The van der Waals surface area contributed by atoms with E-state index < -0.39 is 0 Å². The largest absolute Gasteiger partial charge is 0.489 e. The lowest BCUT2D eigenvalue weighted by molar-refractivity contribution is 0.0480. The van der Waals surface area contributed by atoms with Crippen LogP contribution in [0.4, 0.5) is 0 Å². The van der Waals surface area contributed by atoms with Gasteiger partial charge >= 0.3 is 0 Å². The van der Waals surface area contributed by atoms with Crippen molar-refractivity contribution in [3.8, 4) is 17.0 Å². The van der Waals surface area contributed by atoms with E-state index in [-0.39, 0.29) is 18.1 Å². The minimum Gasteiger partial charge on any atom is -0.489 e. The normalized spacial score (nSPS) is 17.8. The quantitative estimate of drug-likeness (QED) is 0.560. The molecule has 1 aromatic heterocycles. The summed E-state index contributed by atoms with van der Waals surface area (Å²) in [5.41, 5.74) is 2.64. The molecule has 1 fully saturated rings. The summed E-state index contributed by atoms with van der Waals surface area (Å²) in [5, 5.41) is 0. The Hall–Kier alpha value is -3.14. The summed E-state index contributed by atoms with van der Waals surface area (Å²) >= 11 is 0. The summed E-state index contributed by atoms with van der Waals surface area (Å²) < 4.78 is 6.20. The third kappa shape index (κ3) is 4.70. The molecule has 4 nitrogen and oxygen atoms in total. The number of para-hydroxylation sites is 1. The molecule has 2 heterocycles. The summed E-state index contributed by atoms with van der Waals surface area (Å²) in [6, 6.07) is 23.6. The van der Waals surface area contributed by atoms with Crippen molar-refractivity contribution < 1.29 is 9.53 Å². The van der Waals surface area contributed by atoms with Crippen LogP contribution in [0.5, 0.6) is 5.75 Å². The SMILES string of the molecule is CC(Oc1ccccc1)C1CCCCCN1C(=O)c1ccc(-c2ccccn2)cc1. The summed E-state index contributed by atoms with van der Waals surface area (Å²) in [6.45, 7) is 2.85. The van der Waals surface area contributed by atoms with Crippen molar-refractivity contribution >= 4 is 5.91 Å². The highest BCUT2D eigenvalue weighted by atomic mass is 16.5. The number of hydrogen-bond acceptors (Lipinski definition) is 3. The number of hydrogen-bond donors (Lipinski definition) is 0. The Morgan fingerprint density at radius 3 is 2.47 bits per heavy atom. The van der Waals surface area contributed by atoms with E-state index >= 15 is 0 Å². The maximum atomic E-state index is 13.4. The standard InChI is InChI=1S/C26H28N2O2/c1-20(30-23-10-4-2-5-11-23)25-13-6-3-9-19-28(25)26(29)22-16-14-21(15-17-22)24-12-7-8-18-27-24/h2,4-5,7-8,10-12,14-18,20,25H,3,6,9,13,19H2,1H3. The molecule has 1 aliphatic rings. The van der Waals surface area contributed by atoms with Crippen LogP contribution in [0.2, 0.25) is 0 Å². The van der Waals surface area contributed by atoms with Crippen molar-refractivity contribution in [2.24, 2.45) is 0 Å². The molecule has 3 aromatic rings. The fraction of sp³-hybridized carbons (Fsp3) is 0.308. The molecule has 0 spiro atoms. The minimum atomic E-state index is -0.0674. The molecular formula is C26H28N2O2. The molecule has 0 bridgehead atoms. The number of carbonyl (C=O) groups is 1. The van der Waals surface area contributed by atoms with Gasteiger partial charge in [-0.25, -0.2) is 0 Å². The minimum absolute atomic E-state index is 0.0654. The highest BCUT2D eigenvalue weighted by molar-refractivity contribution is 5.95. The zero-order valence-electron chi connectivity index (χ0n) is 17.4. The molecule has 4 rings (SSSR count). The number of amides is 1. The fourth-order valence-corrected chi connectivity index (χ4v) is 4.15. The number of pyridine rings is 1. The zero-order valence-corrected chi connectivity index (χ0v) is 17.4. The van der Waals surface area contributed by atoms with Gasteiger partial charge in [0.05, 0.1) is 11.7 Å². The summed E-state index contributed by atoms with van der Waals surface area (Å²) in [4.78, 5) is 19.8. The predicted molar refractivity (Wildman–Crippen MR) is 119 cm³/mol. The molecule has 0 aliphatic carbocycles. The molecule has 0 N–H and O–H groups in total. The van der Waals surface area contributed by atoms with Gasteiger partial charge in [-0.1, -0.05) is 49.2 Å². The van der Waals surface area contributed by atoms with Gasteiger partial charge in [0.1, 0.15) is 11.9 Å². The van der Waals surface area contributed by atoms with Crippen LogP contribution in [0, 0.1) is 0 Å². The van der Waals surface area contributed by atoms with E-state index in [0.29, 0.717) is 5.56 Å². The van der Waals surface area contributed by atoms with Crippen LogP contribution >= 0.6 is 0 Å². The highest BCUT2D eigenvalue weighted by Gasteiger charge is 2.31. The predicted octanol–water partition coefficient (Wildman–Crippen LogP) is 5.60. The van der Waals surface area contributed by atoms with Gasteiger partial charge in [-0.2, -0.15) is 0 Å². The second-order valence-corrected chi connectivity index (χ2v) is 7.84. The summed E-state index contributed by atoms with van der Waals surface area (Å²) in [7, 11) is 0. The third-order valence-corrected chi connectivity index (χ3v) is 5.76. The molecule has 4 heteroatoms. The summed E-state index contributed by atoms with van der Waals surface area (Å²) in [5.74, 6) is 0.930. The number of nitrogens with zero attached hydrogens (tertiary/aromatic N) is 2. The smallest absolute Gasteiger partial charge is 0.254 e. The first-order valence-corrected chi connectivity index (χ1v) is 10.8. The Bertz CT molecular complexity index is 942. The van der Waals surface area contributed by atoms with Crippen LogP contribution in [0.3, 0.4) is 0 Å². The van der Waals surface area contributed by atoms with Crippen LogP contribution < -0.4 is 4.74 Å². The average molecular weight is 401 g/mol. The first kappa shape index (κ1) is 20.1. The molecular weight excluding hydrogens is 372 g/mol. The van der Waals surface area contributed by atoms with E-state index in [9.17, 15) is 4.79 Å². The topological polar surface area (TPSA) is 42.4 Å². The van der Waals surface area contributed by atoms with Crippen LogP contribution in [0.25, 0.3) is 11.3 Å². The Kier molecular flexibility index (Phi) is 6.43. The van der Waals surface area contributed by atoms with Gasteiger partial charge < -0.3 is 9.64 Å². The second kappa shape index (κ2) is 9.57. The van der Waals surface area contributed by atoms with E-state index in [1.807, 2.05) is 77.7 Å². The van der Waals surface area contributed by atoms with Gasteiger partial charge in [0.2, 0.25) is 0 Å². The van der Waals surface area contributed by atoms with Gasteiger partial charge in [0, 0.05) is 23.9 Å². The second-order valence-electron chi connectivity index (χ2n) is 7.84. The lowest BCUT2D eigenvalue weighted by Crippen LogP contribution is -2.47. The van der Waals surface area contributed by atoms with Crippen molar-refractivity contribution in [3.05, 3.63) is 84.6 Å². The lowest BCUT2D eigenvalue weighted by atomic mass is 10.0. The number of aromatic nitrogens is 1. The van der Waals surface area contributed by atoms with Crippen LogP contribution in [-0.4, -0.2) is 34.5 Å². The monoisotopic (exact) mass is 400 g/mol. The first-order valence-electron chi connectivity index (χ1n) is 10.8. The lowest BCUT2D eigenvalue weighted by Gasteiger charge is -2.34. The van der Waals surface area contributed by atoms with E-state index in [4.69, 9.17) is 4.74 Å². The molecule has 2 unspecified atom stereocenters. The molecule has 1 aliphatic heterocycles. The van der Waals surface area contributed by atoms with Gasteiger partial charge in [-0.15, -0.1) is 0 Å². The van der Waals surface area contributed by atoms with Crippen LogP contribution in [0.1, 0.15) is 43.0 Å². The Labute approximate surface area is 178 Å². The molecule has 1 amide bonds. The van der Waals surface area contributed by atoms with Crippen molar-refractivity contribution in [2.75, 3.05) is 6.54 Å². The van der Waals surface area contributed by atoms with E-state index in [0.717, 1.165) is 49.2 Å². The molecule has 0 saturated carbocycles. The molecule has 1 saturated heterocycles. The maximum Gasteiger partial charge on any atom is 0.254 e. The van der Waals surface area contributed by atoms with Crippen molar-refractivity contribution in [2.45, 2.75) is 44.8 Å². The van der Waals surface area contributed by atoms with E-state index in [2.05, 4.69) is 11.9 Å². The molecule has 2 aromatic carbocycles. The number of ether oxygens (including phenoxy) is 1. The molecule has 2 atom stereocenters. The number of carbonyl (C=O) groups excluding carboxylic acids is 1. The fourth-order valence-electron chi connectivity index (χ4n) is 4.15. The van der Waals surface area contributed by atoms with Crippen LogP contribution in [0.15, 0.2) is 79.0 Å². The van der Waals surface area contributed by atoms with Gasteiger partial charge in [-0.3, -0.25) is 9.78 Å². The summed E-state index contributed by atoms with van der Waals surface area (Å²) in [6.07, 6.45) is 5.98. The number of likely N-dealkylation sites (tertiary alicyclic amines) is 1. The maximum absolute atomic E-state index is 13.4. The van der Waals surface area contributed by atoms with Crippen molar-refractivity contribution in [1.82, 2.24) is 9.88 Å². The van der Waals surface area contributed by atoms with Crippen LogP contribution in [-0.2, 0) is 0 Å². The first-order chi connectivity index (χ1) is 14.7. The Morgan fingerprint density at radius 1 is 0.967 bits per heavy atom. The van der Waals surface area contributed by atoms with Gasteiger partial charge in [0.25, 0.3) is 5.91 Å². The third-order valence-electron chi connectivity index (χ3n) is 5.76. The zero-order chi connectivity index (χ0) is 20.8. The Balaban J connectivity index is 1.52. The van der Waals surface area contributed by atoms with Crippen molar-refractivity contribution in [3.63, 3.8) is 0 Å². The van der Waals surface area contributed by atoms with Crippen molar-refractivity contribution in [1.29, 1.82) is 0 Å². The van der Waals surface area contributed by atoms with Gasteiger partial charge in [-0.05, 0) is 56.2 Å². The average Bonchev–Trinajstić information content (AvgIpc) is 3.06.